The van der Waals surface area contributed by atoms with Crippen LogP contribution in [-0.4, -0.2) is 47.7 Å². The van der Waals surface area contributed by atoms with Crippen molar-refractivity contribution in [3.8, 4) is 0 Å². The second-order valence-corrected chi connectivity index (χ2v) is 7.85. The van der Waals surface area contributed by atoms with Gasteiger partial charge in [0, 0.05) is 37.3 Å². The molecular weight excluding hydrogens is 326 g/mol. The Balaban J connectivity index is 1.91. The summed E-state index contributed by atoms with van der Waals surface area (Å²) in [5.41, 5.74) is 7.32. The van der Waals surface area contributed by atoms with E-state index in [-0.39, 0.29) is 24.4 Å². The average molecular weight is 360 g/mol. The summed E-state index contributed by atoms with van der Waals surface area (Å²) in [4.78, 5) is 16.1. The van der Waals surface area contributed by atoms with Gasteiger partial charge in [-0.2, -0.15) is 0 Å². The fraction of sp³-hybridized carbons (Fsp3) is 0.667. The van der Waals surface area contributed by atoms with Gasteiger partial charge in [0.15, 0.2) is 0 Å². The summed E-state index contributed by atoms with van der Waals surface area (Å²) in [5.74, 6) is -0.125. The molecule has 26 heavy (non-hydrogen) atoms. The summed E-state index contributed by atoms with van der Waals surface area (Å²) in [6, 6.07) is 8.74. The summed E-state index contributed by atoms with van der Waals surface area (Å²) in [7, 11) is 0. The number of likely N-dealkylation sites (tertiary alicyclic amines) is 1. The van der Waals surface area contributed by atoms with Gasteiger partial charge in [-0.05, 0) is 50.8 Å². The van der Waals surface area contributed by atoms with Crippen molar-refractivity contribution in [1.82, 2.24) is 4.90 Å². The Morgan fingerprint density at radius 3 is 2.54 bits per heavy atom. The average Bonchev–Trinajstić information content (AvgIpc) is 2.63. The first kappa shape index (κ1) is 19.2. The number of hydrogen-bond acceptors (Lipinski definition) is 4. The number of anilines is 1. The summed E-state index contributed by atoms with van der Waals surface area (Å²) in [6.45, 7) is 7.27. The van der Waals surface area contributed by atoms with E-state index in [1.807, 2.05) is 0 Å². The lowest BCUT2D eigenvalue weighted by molar-refractivity contribution is -0.136. The number of carbonyl (C=O) groups excluding carboxylic acids is 1. The first-order chi connectivity index (χ1) is 12.5. The van der Waals surface area contributed by atoms with E-state index in [2.05, 4.69) is 47.9 Å². The molecule has 0 bridgehead atoms. The van der Waals surface area contributed by atoms with E-state index < -0.39 is 5.60 Å². The lowest BCUT2D eigenvalue weighted by atomic mass is 9.66. The highest BCUT2D eigenvalue weighted by Crippen LogP contribution is 2.49. The number of fused-ring (bicyclic) bond motifs is 1. The SMILES string of the molecule is CCN(CC)c1ccc([C@@H]2[C@@H]3CCCC[C@]3(O)CCN2CC(N)=O)cc1. The zero-order chi connectivity index (χ0) is 18.7. The predicted molar refractivity (Wildman–Crippen MR) is 105 cm³/mol. The van der Waals surface area contributed by atoms with Gasteiger partial charge in [0.2, 0.25) is 5.91 Å². The maximum absolute atomic E-state index is 11.6. The van der Waals surface area contributed by atoms with Crippen LogP contribution >= 0.6 is 0 Å². The number of rotatable bonds is 6. The molecule has 1 aromatic carbocycles. The lowest BCUT2D eigenvalue weighted by Gasteiger charge is -2.52. The number of nitrogens with two attached hydrogens (primary N) is 1. The molecule has 0 unspecified atom stereocenters. The van der Waals surface area contributed by atoms with Crippen LogP contribution in [0.1, 0.15) is 57.6 Å². The van der Waals surface area contributed by atoms with Crippen molar-refractivity contribution in [2.75, 3.05) is 31.1 Å². The van der Waals surface area contributed by atoms with Gasteiger partial charge in [-0.25, -0.2) is 0 Å². The molecule has 5 heteroatoms. The number of amides is 1. The maximum atomic E-state index is 11.6. The molecule has 1 aliphatic carbocycles. The van der Waals surface area contributed by atoms with E-state index in [1.54, 1.807) is 0 Å². The molecule has 144 valence electrons. The van der Waals surface area contributed by atoms with E-state index in [0.717, 1.165) is 51.7 Å². The van der Waals surface area contributed by atoms with Crippen LogP contribution in [0.2, 0.25) is 0 Å². The van der Waals surface area contributed by atoms with Gasteiger partial charge in [-0.15, -0.1) is 0 Å². The standard InChI is InChI=1S/C21H33N3O2/c1-3-23(4-2)17-10-8-16(9-11-17)20-18-7-5-6-12-21(18,26)13-14-24(20)15-19(22)25/h8-11,18,20,26H,3-7,12-15H2,1-2H3,(H2,22,25)/t18-,20+,21-/m0/s1. The monoisotopic (exact) mass is 359 g/mol. The Labute approximate surface area is 157 Å². The number of benzene rings is 1. The molecule has 1 aromatic rings. The predicted octanol–water partition coefficient (Wildman–Crippen LogP) is 2.69. The van der Waals surface area contributed by atoms with Crippen LogP contribution in [0.15, 0.2) is 24.3 Å². The number of nitrogens with zero attached hydrogens (tertiary/aromatic N) is 2. The fourth-order valence-electron chi connectivity index (χ4n) is 5.03. The molecule has 1 saturated heterocycles. The minimum absolute atomic E-state index is 0.0623. The Morgan fingerprint density at radius 1 is 1.23 bits per heavy atom. The van der Waals surface area contributed by atoms with Crippen molar-refractivity contribution in [2.45, 2.75) is 57.6 Å². The molecule has 3 rings (SSSR count). The molecule has 1 amide bonds. The molecule has 2 aliphatic rings. The van der Waals surface area contributed by atoms with Crippen molar-refractivity contribution in [3.05, 3.63) is 29.8 Å². The van der Waals surface area contributed by atoms with Gasteiger partial charge < -0.3 is 15.7 Å². The third kappa shape index (κ3) is 3.74. The number of primary amides is 1. The van der Waals surface area contributed by atoms with E-state index in [4.69, 9.17) is 5.73 Å². The van der Waals surface area contributed by atoms with E-state index in [9.17, 15) is 9.90 Å². The number of carbonyl (C=O) groups is 1. The molecular formula is C21H33N3O2. The Morgan fingerprint density at radius 2 is 1.92 bits per heavy atom. The maximum Gasteiger partial charge on any atom is 0.231 e. The second kappa shape index (κ2) is 7.97. The highest BCUT2D eigenvalue weighted by Gasteiger charge is 2.49. The normalized spacial score (nSPS) is 29.2. The van der Waals surface area contributed by atoms with Crippen molar-refractivity contribution in [2.24, 2.45) is 11.7 Å². The van der Waals surface area contributed by atoms with Crippen molar-refractivity contribution in [3.63, 3.8) is 0 Å². The van der Waals surface area contributed by atoms with Crippen molar-refractivity contribution in [1.29, 1.82) is 0 Å². The van der Waals surface area contributed by atoms with Crippen molar-refractivity contribution >= 4 is 11.6 Å². The van der Waals surface area contributed by atoms with Crippen LogP contribution in [-0.2, 0) is 4.79 Å². The molecule has 2 fully saturated rings. The number of aliphatic hydroxyl groups is 1. The first-order valence-corrected chi connectivity index (χ1v) is 10.1. The molecule has 1 heterocycles. The third-order valence-corrected chi connectivity index (χ3v) is 6.39. The molecule has 1 saturated carbocycles. The van der Waals surface area contributed by atoms with Crippen LogP contribution in [0.5, 0.6) is 0 Å². The lowest BCUT2D eigenvalue weighted by Crippen LogP contribution is -2.56. The summed E-state index contributed by atoms with van der Waals surface area (Å²) < 4.78 is 0. The minimum Gasteiger partial charge on any atom is -0.389 e. The van der Waals surface area contributed by atoms with Gasteiger partial charge in [-0.1, -0.05) is 25.0 Å². The topological polar surface area (TPSA) is 69.8 Å². The highest BCUT2D eigenvalue weighted by molar-refractivity contribution is 5.76. The van der Waals surface area contributed by atoms with E-state index >= 15 is 0 Å². The van der Waals surface area contributed by atoms with Crippen molar-refractivity contribution < 1.29 is 9.90 Å². The Bertz CT molecular complexity index is 614. The molecule has 1 aliphatic heterocycles. The molecule has 3 N–H and O–H groups in total. The van der Waals surface area contributed by atoms with Gasteiger partial charge in [-0.3, -0.25) is 9.69 Å². The molecule has 0 aromatic heterocycles. The zero-order valence-corrected chi connectivity index (χ0v) is 16.2. The quantitative estimate of drug-likeness (QED) is 0.819. The molecule has 0 radical (unpaired) electrons. The van der Waals surface area contributed by atoms with Gasteiger partial charge in [0.05, 0.1) is 12.1 Å². The smallest absolute Gasteiger partial charge is 0.231 e. The number of piperidine rings is 1. The summed E-state index contributed by atoms with van der Waals surface area (Å²) in [6.07, 6.45) is 4.85. The molecule has 0 spiro atoms. The second-order valence-electron chi connectivity index (χ2n) is 7.85. The molecule has 3 atom stereocenters. The van der Waals surface area contributed by atoms with Crippen LogP contribution in [0, 0.1) is 5.92 Å². The van der Waals surface area contributed by atoms with E-state index in [1.165, 1.54) is 11.3 Å². The van der Waals surface area contributed by atoms with E-state index in [0.29, 0.717) is 0 Å². The Hall–Kier alpha value is -1.59. The Kier molecular flexibility index (Phi) is 5.88. The van der Waals surface area contributed by atoms with Crippen LogP contribution in [0.25, 0.3) is 0 Å². The van der Waals surface area contributed by atoms with Gasteiger partial charge in [0.1, 0.15) is 0 Å². The zero-order valence-electron chi connectivity index (χ0n) is 16.2. The van der Waals surface area contributed by atoms with Gasteiger partial charge in [0.25, 0.3) is 0 Å². The fourth-order valence-corrected chi connectivity index (χ4v) is 5.03. The first-order valence-electron chi connectivity index (χ1n) is 10.1. The van der Waals surface area contributed by atoms with Gasteiger partial charge >= 0.3 is 0 Å². The summed E-state index contributed by atoms with van der Waals surface area (Å²) in [5, 5.41) is 11.2. The summed E-state index contributed by atoms with van der Waals surface area (Å²) >= 11 is 0. The largest absolute Gasteiger partial charge is 0.389 e. The minimum atomic E-state index is -0.603. The van der Waals surface area contributed by atoms with Crippen LogP contribution < -0.4 is 10.6 Å². The third-order valence-electron chi connectivity index (χ3n) is 6.39. The number of hydrogen-bond donors (Lipinski definition) is 2. The van der Waals surface area contributed by atoms with Crippen LogP contribution in [0.4, 0.5) is 5.69 Å². The van der Waals surface area contributed by atoms with Crippen LogP contribution in [0.3, 0.4) is 0 Å². The highest BCUT2D eigenvalue weighted by atomic mass is 16.3. The molecule has 5 nitrogen and oxygen atoms in total.